The van der Waals surface area contributed by atoms with Crippen molar-refractivity contribution in [1.82, 2.24) is 9.88 Å². The maximum absolute atomic E-state index is 14.7. The van der Waals surface area contributed by atoms with E-state index in [2.05, 4.69) is 6.07 Å². The molecular weight excluding hydrogens is 426 g/mol. The van der Waals surface area contributed by atoms with E-state index >= 15 is 0 Å². The number of hydrogen-bond donors (Lipinski definition) is 0. The Kier molecular flexibility index (Phi) is 6.61. The Morgan fingerprint density at radius 1 is 1.30 bits per heavy atom. The molecule has 2 fully saturated rings. The summed E-state index contributed by atoms with van der Waals surface area (Å²) in [6, 6.07) is 5.75. The number of pyridine rings is 1. The van der Waals surface area contributed by atoms with Crippen LogP contribution in [0.2, 0.25) is 0 Å². The summed E-state index contributed by atoms with van der Waals surface area (Å²) in [4.78, 5) is 21.3. The molecule has 6 nitrogen and oxygen atoms in total. The summed E-state index contributed by atoms with van der Waals surface area (Å²) >= 11 is 0. The number of carbonyl (C=O) groups is 1. The van der Waals surface area contributed by atoms with Gasteiger partial charge in [-0.3, -0.25) is 4.79 Å². The SMILES string of the molecule is COCCC(=O)N1CCN(c2nc(C3CC3)c(-c3ccc(F)cc3F)c(C)c2C#N)C[C@H]1C. The molecule has 1 aromatic carbocycles. The first-order valence-corrected chi connectivity index (χ1v) is 11.3. The smallest absolute Gasteiger partial charge is 0.225 e. The minimum absolute atomic E-state index is 0.0460. The van der Waals surface area contributed by atoms with Gasteiger partial charge in [-0.15, -0.1) is 0 Å². The molecule has 2 heterocycles. The fourth-order valence-corrected chi connectivity index (χ4v) is 4.61. The van der Waals surface area contributed by atoms with Crippen LogP contribution in [0.25, 0.3) is 11.1 Å². The molecular formula is C25H28F2N4O2. The number of methoxy groups -OCH3 is 1. The van der Waals surface area contributed by atoms with Gasteiger partial charge in [0.1, 0.15) is 23.5 Å². The Hall–Kier alpha value is -3.05. The number of ether oxygens (including phenoxy) is 1. The van der Waals surface area contributed by atoms with Crippen LogP contribution in [-0.2, 0) is 9.53 Å². The molecule has 8 heteroatoms. The van der Waals surface area contributed by atoms with Crippen molar-refractivity contribution in [1.29, 1.82) is 5.26 Å². The zero-order valence-corrected chi connectivity index (χ0v) is 19.2. The van der Waals surface area contributed by atoms with E-state index in [0.29, 0.717) is 55.2 Å². The second kappa shape index (κ2) is 9.44. The van der Waals surface area contributed by atoms with E-state index in [4.69, 9.17) is 9.72 Å². The van der Waals surface area contributed by atoms with Crippen molar-refractivity contribution in [3.05, 3.63) is 46.7 Å². The van der Waals surface area contributed by atoms with E-state index in [1.807, 2.05) is 23.6 Å². The summed E-state index contributed by atoms with van der Waals surface area (Å²) < 4.78 is 33.3. The molecule has 2 aromatic rings. The molecule has 174 valence electrons. The van der Waals surface area contributed by atoms with E-state index in [-0.39, 0.29) is 23.4 Å². The highest BCUT2D eigenvalue weighted by atomic mass is 19.1. The first kappa shape index (κ1) is 23.1. The Labute approximate surface area is 192 Å². The number of aromatic nitrogens is 1. The van der Waals surface area contributed by atoms with Gasteiger partial charge >= 0.3 is 0 Å². The second-order valence-electron chi connectivity index (χ2n) is 8.83. The van der Waals surface area contributed by atoms with Gasteiger partial charge in [-0.2, -0.15) is 5.26 Å². The predicted molar refractivity (Wildman–Crippen MR) is 121 cm³/mol. The molecule has 1 atom stereocenters. The lowest BCUT2D eigenvalue weighted by Crippen LogP contribution is -2.54. The molecule has 2 aliphatic rings. The number of nitrogens with zero attached hydrogens (tertiary/aromatic N) is 4. The van der Waals surface area contributed by atoms with E-state index in [1.54, 1.807) is 7.11 Å². The number of nitriles is 1. The highest BCUT2D eigenvalue weighted by molar-refractivity contribution is 5.79. The molecule has 4 rings (SSSR count). The number of anilines is 1. The second-order valence-corrected chi connectivity index (χ2v) is 8.83. The van der Waals surface area contributed by atoms with E-state index in [9.17, 15) is 18.8 Å². The topological polar surface area (TPSA) is 69.5 Å². The predicted octanol–water partition coefficient (Wildman–Crippen LogP) is 4.16. The first-order chi connectivity index (χ1) is 15.8. The molecule has 33 heavy (non-hydrogen) atoms. The van der Waals surface area contributed by atoms with Gasteiger partial charge in [0.05, 0.1) is 24.3 Å². The molecule has 1 saturated heterocycles. The number of amides is 1. The van der Waals surface area contributed by atoms with Crippen molar-refractivity contribution >= 4 is 11.7 Å². The monoisotopic (exact) mass is 454 g/mol. The van der Waals surface area contributed by atoms with Crippen molar-refractivity contribution in [2.24, 2.45) is 0 Å². The Balaban J connectivity index is 1.71. The molecule has 0 spiro atoms. The van der Waals surface area contributed by atoms with Crippen LogP contribution < -0.4 is 4.90 Å². The van der Waals surface area contributed by atoms with Gasteiger partial charge in [0, 0.05) is 55.9 Å². The van der Waals surface area contributed by atoms with Crippen LogP contribution in [0.15, 0.2) is 18.2 Å². The normalized spacial score (nSPS) is 18.4. The van der Waals surface area contributed by atoms with Gasteiger partial charge in [0.25, 0.3) is 0 Å². The molecule has 0 bridgehead atoms. The first-order valence-electron chi connectivity index (χ1n) is 11.3. The molecule has 0 N–H and O–H groups in total. The maximum Gasteiger partial charge on any atom is 0.225 e. The number of hydrogen-bond acceptors (Lipinski definition) is 5. The summed E-state index contributed by atoms with van der Waals surface area (Å²) in [5, 5.41) is 10.0. The average molecular weight is 455 g/mol. The lowest BCUT2D eigenvalue weighted by Gasteiger charge is -2.41. The average Bonchev–Trinajstić information content (AvgIpc) is 3.63. The summed E-state index contributed by atoms with van der Waals surface area (Å²) in [6.45, 7) is 5.81. The summed E-state index contributed by atoms with van der Waals surface area (Å²) in [6.07, 6.45) is 2.24. The van der Waals surface area contributed by atoms with Crippen molar-refractivity contribution in [3.8, 4) is 17.2 Å². The lowest BCUT2D eigenvalue weighted by molar-refractivity contribution is -0.134. The van der Waals surface area contributed by atoms with Crippen LogP contribution in [-0.4, -0.2) is 55.2 Å². The van der Waals surface area contributed by atoms with Gasteiger partial charge < -0.3 is 14.5 Å². The van der Waals surface area contributed by atoms with Gasteiger partial charge in [-0.25, -0.2) is 13.8 Å². The summed E-state index contributed by atoms with van der Waals surface area (Å²) in [5.41, 5.74) is 2.67. The third kappa shape index (κ3) is 4.55. The Morgan fingerprint density at radius 3 is 2.67 bits per heavy atom. The number of benzene rings is 1. The van der Waals surface area contributed by atoms with Crippen LogP contribution in [0.1, 0.15) is 48.9 Å². The zero-order chi connectivity index (χ0) is 23.7. The molecule has 0 unspecified atom stereocenters. The highest BCUT2D eigenvalue weighted by Crippen LogP contribution is 2.47. The summed E-state index contributed by atoms with van der Waals surface area (Å²) in [5.74, 6) is -0.466. The molecule has 1 aliphatic carbocycles. The van der Waals surface area contributed by atoms with Gasteiger partial charge in [-0.1, -0.05) is 0 Å². The van der Waals surface area contributed by atoms with E-state index in [0.717, 1.165) is 24.6 Å². The molecule has 0 radical (unpaired) electrons. The number of piperazine rings is 1. The van der Waals surface area contributed by atoms with Crippen molar-refractivity contribution in [2.45, 2.75) is 45.1 Å². The Bertz CT molecular complexity index is 1110. The number of halogens is 2. The van der Waals surface area contributed by atoms with Gasteiger partial charge in [0.2, 0.25) is 5.91 Å². The van der Waals surface area contributed by atoms with E-state index < -0.39 is 11.6 Å². The largest absolute Gasteiger partial charge is 0.384 e. The van der Waals surface area contributed by atoms with Crippen molar-refractivity contribution in [2.75, 3.05) is 38.3 Å². The van der Waals surface area contributed by atoms with Crippen LogP contribution >= 0.6 is 0 Å². The van der Waals surface area contributed by atoms with E-state index in [1.165, 1.54) is 12.1 Å². The van der Waals surface area contributed by atoms with Gasteiger partial charge in [0.15, 0.2) is 0 Å². The minimum atomic E-state index is -0.657. The lowest BCUT2D eigenvalue weighted by atomic mass is 9.93. The molecule has 1 saturated carbocycles. The third-order valence-corrected chi connectivity index (χ3v) is 6.50. The van der Waals surface area contributed by atoms with Crippen molar-refractivity contribution in [3.63, 3.8) is 0 Å². The fourth-order valence-electron chi connectivity index (χ4n) is 4.61. The zero-order valence-electron chi connectivity index (χ0n) is 19.2. The van der Waals surface area contributed by atoms with Crippen molar-refractivity contribution < 1.29 is 18.3 Å². The Morgan fingerprint density at radius 2 is 2.06 bits per heavy atom. The summed E-state index contributed by atoms with van der Waals surface area (Å²) in [7, 11) is 1.57. The molecule has 1 amide bonds. The van der Waals surface area contributed by atoms with Gasteiger partial charge in [-0.05, 0) is 44.4 Å². The third-order valence-electron chi connectivity index (χ3n) is 6.50. The standard InChI is InChI=1S/C25H28F2N4O2/c1-15-14-30(9-10-31(15)22(32)8-11-33-3)25-20(13-28)16(2)23(24(29-25)17-4-5-17)19-7-6-18(26)12-21(19)27/h6-7,12,15,17H,4-5,8-11,14H2,1-3H3/t15-/m1/s1. The quantitative estimate of drug-likeness (QED) is 0.656. The van der Waals surface area contributed by atoms with Crippen LogP contribution in [0, 0.1) is 29.9 Å². The van der Waals surface area contributed by atoms with Crippen LogP contribution in [0.4, 0.5) is 14.6 Å². The molecule has 1 aromatic heterocycles. The van der Waals surface area contributed by atoms with Crippen LogP contribution in [0.5, 0.6) is 0 Å². The maximum atomic E-state index is 14.7. The van der Waals surface area contributed by atoms with Crippen LogP contribution in [0.3, 0.4) is 0 Å². The fraction of sp³-hybridized carbons (Fsp3) is 0.480. The minimum Gasteiger partial charge on any atom is -0.384 e. The molecule has 1 aliphatic heterocycles. The number of carbonyl (C=O) groups excluding carboxylic acids is 1. The number of rotatable bonds is 6. The highest BCUT2D eigenvalue weighted by Gasteiger charge is 2.35.